The van der Waals surface area contributed by atoms with Crippen molar-refractivity contribution in [1.82, 2.24) is 24.5 Å². The SMILES string of the molecule is CC1(Oc2ccc3[nH]nc(-c4cc(N5CCN([SH](=O)=O)CC5)ncn4)c3c2)CC1. The predicted octanol–water partition coefficient (Wildman–Crippen LogP) is 1.60. The van der Waals surface area contributed by atoms with Crippen LogP contribution >= 0.6 is 0 Å². The van der Waals surface area contributed by atoms with Gasteiger partial charge in [0.25, 0.3) is 0 Å². The summed E-state index contributed by atoms with van der Waals surface area (Å²) in [5, 5.41) is 8.47. The molecule has 5 rings (SSSR count). The second-order valence-corrected chi connectivity index (χ2v) is 8.81. The molecule has 2 aliphatic rings. The summed E-state index contributed by atoms with van der Waals surface area (Å²) in [6.07, 6.45) is 3.68. The third kappa shape index (κ3) is 3.65. The van der Waals surface area contributed by atoms with Crippen molar-refractivity contribution in [3.05, 3.63) is 30.6 Å². The van der Waals surface area contributed by atoms with Crippen molar-refractivity contribution >= 4 is 27.6 Å². The highest BCUT2D eigenvalue weighted by Crippen LogP contribution is 2.40. The van der Waals surface area contributed by atoms with Crippen LogP contribution in [-0.4, -0.2) is 64.7 Å². The summed E-state index contributed by atoms with van der Waals surface area (Å²) in [6, 6.07) is 7.83. The van der Waals surface area contributed by atoms with Crippen molar-refractivity contribution in [2.24, 2.45) is 0 Å². The van der Waals surface area contributed by atoms with Gasteiger partial charge in [0.05, 0.1) is 11.2 Å². The highest BCUT2D eigenvalue weighted by molar-refractivity contribution is 7.69. The lowest BCUT2D eigenvalue weighted by molar-refractivity contribution is 0.200. The Morgan fingerprint density at radius 3 is 2.62 bits per heavy atom. The molecule has 9 nitrogen and oxygen atoms in total. The molecule has 1 saturated heterocycles. The molecule has 0 bridgehead atoms. The van der Waals surface area contributed by atoms with Gasteiger partial charge >= 0.3 is 0 Å². The number of hydrogen-bond acceptors (Lipinski definition) is 7. The lowest BCUT2D eigenvalue weighted by Crippen LogP contribution is -2.45. The average molecular weight is 414 g/mol. The van der Waals surface area contributed by atoms with E-state index in [1.165, 1.54) is 10.6 Å². The van der Waals surface area contributed by atoms with Gasteiger partial charge in [-0.05, 0) is 38.0 Å². The first kappa shape index (κ1) is 18.3. The van der Waals surface area contributed by atoms with Crippen LogP contribution in [-0.2, 0) is 10.9 Å². The van der Waals surface area contributed by atoms with E-state index in [1.807, 2.05) is 24.3 Å². The van der Waals surface area contributed by atoms with Crippen LogP contribution in [0.2, 0.25) is 0 Å². The highest BCUT2D eigenvalue weighted by Gasteiger charge is 2.40. The maximum absolute atomic E-state index is 11.1. The fourth-order valence-electron chi connectivity index (χ4n) is 3.55. The number of fused-ring (bicyclic) bond motifs is 1. The minimum absolute atomic E-state index is 0.0453. The van der Waals surface area contributed by atoms with Gasteiger partial charge in [0.15, 0.2) is 0 Å². The third-order valence-corrected chi connectivity index (χ3v) is 6.42. The summed E-state index contributed by atoms with van der Waals surface area (Å²) in [5.74, 6) is 1.60. The molecule has 3 heterocycles. The minimum Gasteiger partial charge on any atom is -0.488 e. The van der Waals surface area contributed by atoms with E-state index in [1.54, 1.807) is 0 Å². The number of H-pyrrole nitrogens is 1. The van der Waals surface area contributed by atoms with Crippen molar-refractivity contribution in [1.29, 1.82) is 0 Å². The van der Waals surface area contributed by atoms with E-state index in [4.69, 9.17) is 4.74 Å². The highest BCUT2D eigenvalue weighted by atomic mass is 32.2. The maximum Gasteiger partial charge on any atom is 0.204 e. The molecule has 0 amide bonds. The molecular formula is C19H22N6O3S. The fraction of sp³-hybridized carbons (Fsp3) is 0.421. The molecule has 2 fully saturated rings. The van der Waals surface area contributed by atoms with Gasteiger partial charge < -0.3 is 9.64 Å². The number of anilines is 1. The second kappa shape index (κ2) is 6.96. The van der Waals surface area contributed by atoms with Crippen LogP contribution < -0.4 is 9.64 Å². The van der Waals surface area contributed by atoms with E-state index in [0.717, 1.165) is 41.0 Å². The minimum atomic E-state index is -2.52. The van der Waals surface area contributed by atoms with Gasteiger partial charge in [0, 0.05) is 37.6 Å². The number of aromatic amines is 1. The zero-order valence-electron chi connectivity index (χ0n) is 16.0. The van der Waals surface area contributed by atoms with Crippen molar-refractivity contribution in [2.45, 2.75) is 25.4 Å². The Kier molecular flexibility index (Phi) is 4.39. The van der Waals surface area contributed by atoms with Crippen LogP contribution in [0.4, 0.5) is 5.82 Å². The van der Waals surface area contributed by atoms with Crippen molar-refractivity contribution in [3.63, 3.8) is 0 Å². The molecule has 0 atom stereocenters. The Balaban J connectivity index is 1.43. The smallest absolute Gasteiger partial charge is 0.204 e. The van der Waals surface area contributed by atoms with Crippen molar-refractivity contribution in [3.8, 4) is 17.1 Å². The Bertz CT molecular complexity index is 1120. The summed E-state index contributed by atoms with van der Waals surface area (Å²) in [6.45, 7) is 4.23. The van der Waals surface area contributed by atoms with E-state index in [0.29, 0.717) is 31.9 Å². The van der Waals surface area contributed by atoms with Gasteiger partial charge in [-0.2, -0.15) is 5.10 Å². The van der Waals surface area contributed by atoms with Gasteiger partial charge in [0.2, 0.25) is 10.9 Å². The number of rotatable bonds is 5. The molecule has 3 aromatic rings. The van der Waals surface area contributed by atoms with Gasteiger partial charge in [-0.15, -0.1) is 0 Å². The summed E-state index contributed by atoms with van der Waals surface area (Å²) >= 11 is 0. The molecule has 1 aliphatic carbocycles. The fourth-order valence-corrected chi connectivity index (χ4v) is 4.06. The zero-order chi connectivity index (χ0) is 20.0. The molecular weight excluding hydrogens is 392 g/mol. The lowest BCUT2D eigenvalue weighted by atomic mass is 10.1. The molecule has 10 heteroatoms. The van der Waals surface area contributed by atoms with Crippen LogP contribution in [0.5, 0.6) is 5.75 Å². The Morgan fingerprint density at radius 2 is 1.90 bits per heavy atom. The zero-order valence-corrected chi connectivity index (χ0v) is 16.9. The standard InChI is InChI=1S/C19H22N6O3S/c1-19(4-5-19)28-13-2-3-15-14(10-13)18(23-22-15)16-11-17(21-12-20-16)24-6-8-25(9-7-24)29(26)27/h2-3,10-12,29H,4-9H2,1H3,(H,22,23). The second-order valence-electron chi connectivity index (χ2n) is 7.77. The van der Waals surface area contributed by atoms with E-state index in [9.17, 15) is 8.42 Å². The predicted molar refractivity (Wildman–Crippen MR) is 109 cm³/mol. The maximum atomic E-state index is 11.1. The number of aromatic nitrogens is 4. The van der Waals surface area contributed by atoms with Crippen LogP contribution in [0.25, 0.3) is 22.3 Å². The molecule has 0 radical (unpaired) electrons. The molecule has 1 aliphatic heterocycles. The van der Waals surface area contributed by atoms with Gasteiger partial charge in [-0.1, -0.05) is 0 Å². The van der Waals surface area contributed by atoms with E-state index in [2.05, 4.69) is 32.0 Å². The number of thiol groups is 1. The summed E-state index contributed by atoms with van der Waals surface area (Å²) in [7, 11) is -2.52. The largest absolute Gasteiger partial charge is 0.488 e. The Morgan fingerprint density at radius 1 is 1.10 bits per heavy atom. The average Bonchev–Trinajstić information content (AvgIpc) is 3.31. The van der Waals surface area contributed by atoms with E-state index < -0.39 is 10.9 Å². The van der Waals surface area contributed by atoms with Crippen LogP contribution in [0.1, 0.15) is 19.8 Å². The van der Waals surface area contributed by atoms with Crippen LogP contribution in [0, 0.1) is 0 Å². The Labute approximate surface area is 169 Å². The quantitative estimate of drug-likeness (QED) is 0.611. The van der Waals surface area contributed by atoms with Crippen LogP contribution in [0.15, 0.2) is 30.6 Å². The number of nitrogens with one attached hydrogen (secondary N) is 1. The van der Waals surface area contributed by atoms with Gasteiger partial charge in [0.1, 0.15) is 29.2 Å². The molecule has 1 N–H and O–H groups in total. The molecule has 2 aromatic heterocycles. The topological polar surface area (TPSA) is 104 Å². The van der Waals surface area contributed by atoms with Crippen LogP contribution in [0.3, 0.4) is 0 Å². The Hall–Kier alpha value is -2.72. The normalized spacial score (nSPS) is 19.0. The number of nitrogens with zero attached hydrogens (tertiary/aromatic N) is 5. The first-order chi connectivity index (χ1) is 14.0. The molecule has 0 spiro atoms. The molecule has 152 valence electrons. The number of piperazine rings is 1. The molecule has 29 heavy (non-hydrogen) atoms. The number of ether oxygens (including phenoxy) is 1. The van der Waals surface area contributed by atoms with E-state index in [-0.39, 0.29) is 5.60 Å². The number of hydrogen-bond donors (Lipinski definition) is 2. The first-order valence-electron chi connectivity index (χ1n) is 9.65. The van der Waals surface area contributed by atoms with Crippen molar-refractivity contribution < 1.29 is 13.2 Å². The van der Waals surface area contributed by atoms with Gasteiger partial charge in [-0.25, -0.2) is 22.7 Å². The summed E-state index contributed by atoms with van der Waals surface area (Å²) < 4.78 is 29.8. The van der Waals surface area contributed by atoms with E-state index >= 15 is 0 Å². The summed E-state index contributed by atoms with van der Waals surface area (Å²) in [5.41, 5.74) is 2.34. The lowest BCUT2D eigenvalue weighted by Gasteiger charge is -2.32. The third-order valence-electron chi connectivity index (χ3n) is 5.56. The summed E-state index contributed by atoms with van der Waals surface area (Å²) in [4.78, 5) is 10.9. The van der Waals surface area contributed by atoms with Crippen molar-refractivity contribution in [2.75, 3.05) is 31.1 Å². The molecule has 1 aromatic carbocycles. The monoisotopic (exact) mass is 414 g/mol. The van der Waals surface area contributed by atoms with Gasteiger partial charge in [-0.3, -0.25) is 5.10 Å². The first-order valence-corrected chi connectivity index (χ1v) is 10.8. The number of benzene rings is 1. The molecule has 1 saturated carbocycles. The molecule has 0 unspecified atom stereocenters.